The Hall–Kier alpha value is -0.380. The van der Waals surface area contributed by atoms with Crippen molar-refractivity contribution in [1.29, 1.82) is 0 Å². The highest BCUT2D eigenvalue weighted by atomic mass is 16.5. The molecule has 1 N–H and O–H groups in total. The van der Waals surface area contributed by atoms with Gasteiger partial charge in [0.2, 0.25) is 0 Å². The van der Waals surface area contributed by atoms with Gasteiger partial charge >= 0.3 is 0 Å². The molecule has 94 valence electrons. The van der Waals surface area contributed by atoms with Crippen molar-refractivity contribution >= 4 is 0 Å². The molecule has 1 rings (SSSR count). The third-order valence-corrected chi connectivity index (χ3v) is 2.88. The number of nitrogens with one attached hydrogen (secondary N) is 1. The van der Waals surface area contributed by atoms with Crippen molar-refractivity contribution in [2.24, 2.45) is 0 Å². The fourth-order valence-electron chi connectivity index (χ4n) is 2.08. The third-order valence-electron chi connectivity index (χ3n) is 2.88. The Bertz CT molecular complexity index is 204. The highest BCUT2D eigenvalue weighted by molar-refractivity contribution is 4.87. The number of nitrogens with zero attached hydrogens (tertiary/aromatic N) is 1. The van der Waals surface area contributed by atoms with Crippen LogP contribution in [0.15, 0.2) is 12.2 Å². The smallest absolute Gasteiger partial charge is 0.0672 e. The molecule has 1 atom stereocenters. The molecule has 1 unspecified atom stereocenters. The quantitative estimate of drug-likeness (QED) is 0.528. The van der Waals surface area contributed by atoms with Gasteiger partial charge in [0.25, 0.3) is 0 Å². The normalized spacial score (nSPS) is 22.2. The molecule has 0 saturated carbocycles. The van der Waals surface area contributed by atoms with Crippen molar-refractivity contribution < 1.29 is 4.74 Å². The second kappa shape index (κ2) is 7.82. The van der Waals surface area contributed by atoms with Gasteiger partial charge in [-0.2, -0.15) is 0 Å². The van der Waals surface area contributed by atoms with Gasteiger partial charge < -0.3 is 10.1 Å². The fraction of sp³-hybridized carbons (Fsp3) is 0.846. The van der Waals surface area contributed by atoms with Crippen LogP contribution in [0.3, 0.4) is 0 Å². The average Bonchev–Trinajstić information content (AvgIpc) is 2.25. The molecule has 1 saturated heterocycles. The fourth-order valence-corrected chi connectivity index (χ4v) is 2.08. The maximum atomic E-state index is 5.53. The van der Waals surface area contributed by atoms with Crippen LogP contribution in [-0.2, 0) is 4.74 Å². The lowest BCUT2D eigenvalue weighted by Gasteiger charge is -2.33. The van der Waals surface area contributed by atoms with Gasteiger partial charge in [0, 0.05) is 32.2 Å². The van der Waals surface area contributed by atoms with Crippen molar-refractivity contribution in [2.45, 2.75) is 32.7 Å². The first-order valence-electron chi connectivity index (χ1n) is 6.40. The van der Waals surface area contributed by atoms with Gasteiger partial charge in [0.1, 0.15) is 0 Å². The van der Waals surface area contributed by atoms with E-state index in [1.807, 2.05) is 6.92 Å². The number of hydrogen-bond acceptors (Lipinski definition) is 3. The van der Waals surface area contributed by atoms with E-state index in [1.54, 1.807) is 0 Å². The maximum absolute atomic E-state index is 5.53. The third kappa shape index (κ3) is 5.64. The van der Waals surface area contributed by atoms with Gasteiger partial charge in [0.15, 0.2) is 0 Å². The molecule has 0 aliphatic carbocycles. The van der Waals surface area contributed by atoms with Crippen LogP contribution in [-0.4, -0.2) is 50.3 Å². The minimum absolute atomic E-state index is 0.680. The molecule has 0 aromatic heterocycles. The summed E-state index contributed by atoms with van der Waals surface area (Å²) in [4.78, 5) is 2.50. The van der Waals surface area contributed by atoms with E-state index in [0.29, 0.717) is 12.6 Å². The van der Waals surface area contributed by atoms with Crippen LogP contribution in [0, 0.1) is 0 Å². The molecule has 0 radical (unpaired) electrons. The van der Waals surface area contributed by atoms with Crippen molar-refractivity contribution in [3.63, 3.8) is 0 Å². The zero-order chi connectivity index (χ0) is 11.8. The second-order valence-electron chi connectivity index (χ2n) is 4.75. The molecular weight excluding hydrogens is 200 g/mol. The largest absolute Gasteiger partial charge is 0.376 e. The first-order chi connectivity index (χ1) is 7.72. The Morgan fingerprint density at radius 3 is 3.06 bits per heavy atom. The molecule has 3 nitrogen and oxygen atoms in total. The number of piperazine rings is 1. The molecule has 1 aliphatic heterocycles. The predicted molar refractivity (Wildman–Crippen MR) is 68.8 cm³/mol. The summed E-state index contributed by atoms with van der Waals surface area (Å²) in [5.41, 5.74) is 1.10. The summed E-state index contributed by atoms with van der Waals surface area (Å²) >= 11 is 0. The van der Waals surface area contributed by atoms with E-state index in [1.165, 1.54) is 19.4 Å². The lowest BCUT2D eigenvalue weighted by molar-refractivity contribution is 0.103. The highest BCUT2D eigenvalue weighted by Crippen LogP contribution is 2.04. The summed E-state index contributed by atoms with van der Waals surface area (Å²) in [6, 6.07) is 0.680. The van der Waals surface area contributed by atoms with E-state index in [2.05, 4.69) is 23.7 Å². The van der Waals surface area contributed by atoms with Crippen LogP contribution >= 0.6 is 0 Å². The molecule has 1 fully saturated rings. The molecule has 0 aromatic rings. The van der Waals surface area contributed by atoms with Gasteiger partial charge in [0.05, 0.1) is 13.2 Å². The van der Waals surface area contributed by atoms with Gasteiger partial charge in [-0.15, -0.1) is 0 Å². The first-order valence-corrected chi connectivity index (χ1v) is 6.40. The van der Waals surface area contributed by atoms with Crippen LogP contribution in [0.2, 0.25) is 0 Å². The summed E-state index contributed by atoms with van der Waals surface area (Å²) in [6.07, 6.45) is 2.54. The van der Waals surface area contributed by atoms with Crippen LogP contribution in [0.25, 0.3) is 0 Å². The Balaban J connectivity index is 2.09. The van der Waals surface area contributed by atoms with Gasteiger partial charge in [-0.25, -0.2) is 0 Å². The SMILES string of the molecule is C=C(C)COCCN1CCNC(CCC)C1. The summed E-state index contributed by atoms with van der Waals surface area (Å²) in [5, 5.41) is 3.56. The monoisotopic (exact) mass is 226 g/mol. The molecule has 0 bridgehead atoms. The molecular formula is C13H26N2O. The predicted octanol–water partition coefficient (Wildman–Crippen LogP) is 1.65. The van der Waals surface area contributed by atoms with Gasteiger partial charge in [-0.05, 0) is 13.3 Å². The van der Waals surface area contributed by atoms with E-state index in [-0.39, 0.29) is 0 Å². The van der Waals surface area contributed by atoms with Crippen LogP contribution in [0.4, 0.5) is 0 Å². The average molecular weight is 226 g/mol. The molecule has 0 aromatic carbocycles. The lowest BCUT2D eigenvalue weighted by atomic mass is 10.1. The Morgan fingerprint density at radius 1 is 1.56 bits per heavy atom. The van der Waals surface area contributed by atoms with Gasteiger partial charge in [-0.1, -0.05) is 25.5 Å². The van der Waals surface area contributed by atoms with Crippen LogP contribution < -0.4 is 5.32 Å². The lowest BCUT2D eigenvalue weighted by Crippen LogP contribution is -2.51. The standard InChI is InChI=1S/C13H26N2O/c1-4-5-13-10-15(7-6-14-13)8-9-16-11-12(2)3/h13-14H,2,4-11H2,1,3H3. The van der Waals surface area contributed by atoms with E-state index in [9.17, 15) is 0 Å². The second-order valence-corrected chi connectivity index (χ2v) is 4.75. The van der Waals surface area contributed by atoms with Crippen molar-refractivity contribution in [2.75, 3.05) is 39.4 Å². The number of rotatable bonds is 7. The first kappa shape index (κ1) is 13.7. The van der Waals surface area contributed by atoms with Gasteiger partial charge in [-0.3, -0.25) is 4.90 Å². The zero-order valence-corrected chi connectivity index (χ0v) is 10.8. The summed E-state index contributed by atoms with van der Waals surface area (Å²) in [6.45, 7) is 14.1. The Labute approximate surface area is 99.8 Å². The highest BCUT2D eigenvalue weighted by Gasteiger charge is 2.17. The molecule has 1 aliphatic rings. The maximum Gasteiger partial charge on any atom is 0.0672 e. The number of ether oxygens (including phenoxy) is 1. The molecule has 3 heteroatoms. The van der Waals surface area contributed by atoms with Crippen LogP contribution in [0.1, 0.15) is 26.7 Å². The Morgan fingerprint density at radius 2 is 2.38 bits per heavy atom. The van der Waals surface area contributed by atoms with E-state index in [0.717, 1.165) is 31.8 Å². The summed E-state index contributed by atoms with van der Waals surface area (Å²) in [7, 11) is 0. The summed E-state index contributed by atoms with van der Waals surface area (Å²) in [5.74, 6) is 0. The van der Waals surface area contributed by atoms with Crippen molar-refractivity contribution in [3.8, 4) is 0 Å². The zero-order valence-electron chi connectivity index (χ0n) is 10.8. The molecule has 0 amide bonds. The van der Waals surface area contributed by atoms with Crippen molar-refractivity contribution in [3.05, 3.63) is 12.2 Å². The van der Waals surface area contributed by atoms with E-state index < -0.39 is 0 Å². The topological polar surface area (TPSA) is 24.5 Å². The Kier molecular flexibility index (Phi) is 6.69. The van der Waals surface area contributed by atoms with Crippen molar-refractivity contribution in [1.82, 2.24) is 10.2 Å². The number of hydrogen-bond donors (Lipinski definition) is 1. The molecule has 0 spiro atoms. The van der Waals surface area contributed by atoms with E-state index in [4.69, 9.17) is 4.74 Å². The summed E-state index contributed by atoms with van der Waals surface area (Å²) < 4.78 is 5.53. The molecule has 16 heavy (non-hydrogen) atoms. The minimum atomic E-state index is 0.680. The van der Waals surface area contributed by atoms with E-state index >= 15 is 0 Å². The van der Waals surface area contributed by atoms with Crippen LogP contribution in [0.5, 0.6) is 0 Å². The molecule has 1 heterocycles. The minimum Gasteiger partial charge on any atom is -0.376 e.